The molecule has 2 N–H and O–H groups in total. The van der Waals surface area contributed by atoms with E-state index < -0.39 is 0 Å². The number of amides is 2. The van der Waals surface area contributed by atoms with Crippen LogP contribution in [0.15, 0.2) is 12.1 Å². The van der Waals surface area contributed by atoms with Gasteiger partial charge in [0.25, 0.3) is 5.91 Å². The quantitative estimate of drug-likeness (QED) is 0.808. The number of hydrogen-bond donors (Lipinski definition) is 2. The van der Waals surface area contributed by atoms with E-state index in [1.807, 2.05) is 24.0 Å². The molecule has 1 unspecified atom stereocenters. The van der Waals surface area contributed by atoms with E-state index in [9.17, 15) is 14.7 Å². The van der Waals surface area contributed by atoms with Gasteiger partial charge < -0.3 is 15.3 Å². The Morgan fingerprint density at radius 3 is 2.61 bits per heavy atom. The van der Waals surface area contributed by atoms with Gasteiger partial charge in [-0.2, -0.15) is 0 Å². The predicted molar refractivity (Wildman–Crippen MR) is 90.5 cm³/mol. The second-order valence-electron chi connectivity index (χ2n) is 5.83. The van der Waals surface area contributed by atoms with E-state index in [0.717, 1.165) is 24.4 Å². The van der Waals surface area contributed by atoms with Crippen molar-refractivity contribution in [2.75, 3.05) is 32.7 Å². The van der Waals surface area contributed by atoms with Gasteiger partial charge in [0.15, 0.2) is 0 Å². The standard InChI is InChI=1S/C16H25N3O3S/c1-3-13(21)11-18-6-8-19(9-7-18)16(22)15-5-4-14(23-15)10-17-12(2)20/h4-5,13,21H,3,6-11H2,1-2H3,(H,17,20). The fourth-order valence-electron chi connectivity index (χ4n) is 2.52. The number of hydrogen-bond acceptors (Lipinski definition) is 5. The molecule has 2 rings (SSSR count). The summed E-state index contributed by atoms with van der Waals surface area (Å²) in [6, 6.07) is 3.72. The third-order valence-electron chi connectivity index (χ3n) is 3.98. The Kier molecular flexibility index (Phi) is 6.56. The minimum atomic E-state index is -0.286. The zero-order valence-corrected chi connectivity index (χ0v) is 14.6. The van der Waals surface area contributed by atoms with Crippen molar-refractivity contribution in [1.29, 1.82) is 0 Å². The average Bonchev–Trinajstić information content (AvgIpc) is 3.01. The largest absolute Gasteiger partial charge is 0.392 e. The number of carbonyl (C=O) groups excluding carboxylic acids is 2. The lowest BCUT2D eigenvalue weighted by Crippen LogP contribution is -2.50. The van der Waals surface area contributed by atoms with Gasteiger partial charge in [0.1, 0.15) is 0 Å². The summed E-state index contributed by atoms with van der Waals surface area (Å²) in [5, 5.41) is 12.4. The van der Waals surface area contributed by atoms with Crippen molar-refractivity contribution in [1.82, 2.24) is 15.1 Å². The number of β-amino-alcohol motifs (C(OH)–C–C–N with tert-alkyl or cyclic N) is 1. The highest BCUT2D eigenvalue weighted by atomic mass is 32.1. The highest BCUT2D eigenvalue weighted by molar-refractivity contribution is 7.14. The minimum Gasteiger partial charge on any atom is -0.392 e. The van der Waals surface area contributed by atoms with Crippen molar-refractivity contribution in [2.24, 2.45) is 0 Å². The lowest BCUT2D eigenvalue weighted by molar-refractivity contribution is -0.119. The third kappa shape index (κ3) is 5.30. The van der Waals surface area contributed by atoms with Gasteiger partial charge >= 0.3 is 0 Å². The second-order valence-corrected chi connectivity index (χ2v) is 7.00. The molecular weight excluding hydrogens is 314 g/mol. The Balaban J connectivity index is 1.84. The Hall–Kier alpha value is -1.44. The molecule has 0 spiro atoms. The van der Waals surface area contributed by atoms with E-state index in [1.54, 1.807) is 0 Å². The van der Waals surface area contributed by atoms with Crippen LogP contribution in [0.4, 0.5) is 0 Å². The molecule has 0 radical (unpaired) electrons. The molecule has 128 valence electrons. The van der Waals surface area contributed by atoms with Crippen LogP contribution in [0.3, 0.4) is 0 Å². The lowest BCUT2D eigenvalue weighted by Gasteiger charge is -2.35. The van der Waals surface area contributed by atoms with Crippen LogP contribution in [0.2, 0.25) is 0 Å². The minimum absolute atomic E-state index is 0.0553. The van der Waals surface area contributed by atoms with E-state index in [0.29, 0.717) is 31.1 Å². The Labute approximate surface area is 141 Å². The predicted octanol–water partition coefficient (Wildman–Crippen LogP) is 0.913. The maximum Gasteiger partial charge on any atom is 0.264 e. The summed E-state index contributed by atoms with van der Waals surface area (Å²) in [7, 11) is 0. The molecule has 1 aromatic rings. The fraction of sp³-hybridized carbons (Fsp3) is 0.625. The molecular formula is C16H25N3O3S. The summed E-state index contributed by atoms with van der Waals surface area (Å²) < 4.78 is 0. The molecule has 0 aliphatic carbocycles. The van der Waals surface area contributed by atoms with E-state index in [-0.39, 0.29) is 17.9 Å². The number of aliphatic hydroxyl groups is 1. The van der Waals surface area contributed by atoms with Crippen LogP contribution in [0.1, 0.15) is 34.8 Å². The summed E-state index contributed by atoms with van der Waals surface area (Å²) >= 11 is 1.43. The SMILES string of the molecule is CCC(O)CN1CCN(C(=O)c2ccc(CNC(C)=O)s2)CC1. The Bertz CT molecular complexity index is 538. The van der Waals surface area contributed by atoms with Gasteiger partial charge in [-0.3, -0.25) is 14.5 Å². The van der Waals surface area contributed by atoms with Crippen LogP contribution < -0.4 is 5.32 Å². The van der Waals surface area contributed by atoms with Crippen LogP contribution in [0.5, 0.6) is 0 Å². The molecule has 6 nitrogen and oxygen atoms in total. The van der Waals surface area contributed by atoms with E-state index in [2.05, 4.69) is 10.2 Å². The van der Waals surface area contributed by atoms with Gasteiger partial charge in [-0.25, -0.2) is 0 Å². The lowest BCUT2D eigenvalue weighted by atomic mass is 10.2. The number of rotatable bonds is 6. The van der Waals surface area contributed by atoms with Crippen LogP contribution in [-0.2, 0) is 11.3 Å². The van der Waals surface area contributed by atoms with Crippen molar-refractivity contribution >= 4 is 23.2 Å². The van der Waals surface area contributed by atoms with Crippen molar-refractivity contribution < 1.29 is 14.7 Å². The van der Waals surface area contributed by atoms with Crippen LogP contribution in [-0.4, -0.2) is 65.5 Å². The zero-order valence-electron chi connectivity index (χ0n) is 13.7. The summed E-state index contributed by atoms with van der Waals surface area (Å²) in [5.41, 5.74) is 0. The van der Waals surface area contributed by atoms with E-state index >= 15 is 0 Å². The van der Waals surface area contributed by atoms with Crippen molar-refractivity contribution in [2.45, 2.75) is 32.9 Å². The number of nitrogens with one attached hydrogen (secondary N) is 1. The first-order valence-corrected chi connectivity index (χ1v) is 8.84. The van der Waals surface area contributed by atoms with Gasteiger partial charge in [-0.15, -0.1) is 11.3 Å². The van der Waals surface area contributed by atoms with Crippen LogP contribution in [0.25, 0.3) is 0 Å². The molecule has 1 saturated heterocycles. The molecule has 0 saturated carbocycles. The number of thiophene rings is 1. The molecule has 2 heterocycles. The van der Waals surface area contributed by atoms with E-state index in [4.69, 9.17) is 0 Å². The molecule has 1 atom stereocenters. The fourth-order valence-corrected chi connectivity index (χ4v) is 3.43. The van der Waals surface area contributed by atoms with Gasteiger partial charge in [-0.05, 0) is 18.6 Å². The monoisotopic (exact) mass is 339 g/mol. The summed E-state index contributed by atoms with van der Waals surface area (Å²) in [6.07, 6.45) is 0.469. The first-order valence-electron chi connectivity index (χ1n) is 8.02. The number of piperazine rings is 1. The normalized spacial score (nSPS) is 17.1. The average molecular weight is 339 g/mol. The van der Waals surface area contributed by atoms with Crippen LogP contribution >= 0.6 is 11.3 Å². The molecule has 2 amide bonds. The number of carbonyl (C=O) groups is 2. The van der Waals surface area contributed by atoms with E-state index in [1.165, 1.54) is 18.3 Å². The molecule has 1 fully saturated rings. The summed E-state index contributed by atoms with van der Waals surface area (Å²) in [4.78, 5) is 29.2. The van der Waals surface area contributed by atoms with Crippen molar-refractivity contribution in [3.8, 4) is 0 Å². The van der Waals surface area contributed by atoms with Gasteiger partial charge in [0.05, 0.1) is 17.5 Å². The third-order valence-corrected chi connectivity index (χ3v) is 5.06. The second kappa shape index (κ2) is 8.42. The van der Waals surface area contributed by atoms with Crippen molar-refractivity contribution in [3.63, 3.8) is 0 Å². The molecule has 23 heavy (non-hydrogen) atoms. The highest BCUT2D eigenvalue weighted by Crippen LogP contribution is 2.19. The first-order chi connectivity index (χ1) is 11.0. The zero-order chi connectivity index (χ0) is 16.8. The molecule has 0 aromatic carbocycles. The maximum absolute atomic E-state index is 12.5. The van der Waals surface area contributed by atoms with Crippen LogP contribution in [0, 0.1) is 0 Å². The van der Waals surface area contributed by atoms with Crippen molar-refractivity contribution in [3.05, 3.63) is 21.9 Å². The Morgan fingerprint density at radius 1 is 1.30 bits per heavy atom. The summed E-state index contributed by atoms with van der Waals surface area (Å²) in [5.74, 6) is -0.0172. The molecule has 7 heteroatoms. The summed E-state index contributed by atoms with van der Waals surface area (Å²) in [6.45, 7) is 7.57. The molecule has 1 aromatic heterocycles. The smallest absolute Gasteiger partial charge is 0.264 e. The molecule has 1 aliphatic rings. The number of aliphatic hydroxyl groups excluding tert-OH is 1. The molecule has 0 bridgehead atoms. The maximum atomic E-state index is 12.5. The van der Waals surface area contributed by atoms with Gasteiger partial charge in [0, 0.05) is 44.5 Å². The number of nitrogens with zero attached hydrogens (tertiary/aromatic N) is 2. The highest BCUT2D eigenvalue weighted by Gasteiger charge is 2.24. The van der Waals surface area contributed by atoms with Gasteiger partial charge in [-0.1, -0.05) is 6.92 Å². The first kappa shape index (κ1) is 17.9. The topological polar surface area (TPSA) is 72.9 Å². The molecule has 1 aliphatic heterocycles. The Morgan fingerprint density at radius 2 is 2.00 bits per heavy atom. The van der Waals surface area contributed by atoms with Gasteiger partial charge in [0.2, 0.25) is 5.91 Å².